The van der Waals surface area contributed by atoms with Crippen LogP contribution in [0.25, 0.3) is 0 Å². The van der Waals surface area contributed by atoms with Crippen LogP contribution < -0.4 is 14.2 Å². The first-order chi connectivity index (χ1) is 19.1. The molecule has 4 rings (SSSR count). The largest absolute Gasteiger partial charge is 0.497 e. The minimum atomic E-state index is -3.92. The van der Waals surface area contributed by atoms with Crippen LogP contribution in [0.1, 0.15) is 29.8 Å². The maximum atomic E-state index is 13.7. The van der Waals surface area contributed by atoms with Crippen molar-refractivity contribution in [2.24, 2.45) is 5.92 Å². The molecular weight excluding hydrogens is 532 g/mol. The minimum Gasteiger partial charge on any atom is -0.497 e. The average molecular weight is 569 g/mol. The van der Waals surface area contributed by atoms with Gasteiger partial charge in [-0.1, -0.05) is 6.92 Å². The fraction of sp³-hybridized carbons (Fsp3) is 0.379. The standard InChI is InChI=1S/C29H36N4O6S/c1-20-16-33(21(2)19-34)29(35)26-15-23(31-40(36,37)25-8-6-24(38-4)7-9-25)5-10-27(26)39-28(20)18-32(3)17-22-11-13-30-14-12-22/h5-15,20-21,28,31,34H,16-19H2,1-4H3/t20-,21+,28-/m0/s1. The van der Waals surface area contributed by atoms with Gasteiger partial charge in [0.2, 0.25) is 0 Å². The third-order valence-corrected chi connectivity index (χ3v) is 8.38. The number of ether oxygens (including phenoxy) is 2. The first-order valence-electron chi connectivity index (χ1n) is 13.1. The highest BCUT2D eigenvalue weighted by molar-refractivity contribution is 7.92. The Balaban J connectivity index is 1.62. The summed E-state index contributed by atoms with van der Waals surface area (Å²) >= 11 is 0. The molecule has 1 aromatic heterocycles. The predicted molar refractivity (Wildman–Crippen MR) is 152 cm³/mol. The van der Waals surface area contributed by atoms with Crippen LogP contribution in [0, 0.1) is 5.92 Å². The van der Waals surface area contributed by atoms with Crippen molar-refractivity contribution >= 4 is 21.6 Å². The van der Waals surface area contributed by atoms with Crippen molar-refractivity contribution in [1.29, 1.82) is 0 Å². The zero-order valence-electron chi connectivity index (χ0n) is 23.1. The topological polar surface area (TPSA) is 121 Å². The third-order valence-electron chi connectivity index (χ3n) is 6.98. The van der Waals surface area contributed by atoms with E-state index in [0.29, 0.717) is 31.1 Å². The second-order valence-electron chi connectivity index (χ2n) is 10.2. The summed E-state index contributed by atoms with van der Waals surface area (Å²) in [6.45, 7) is 5.26. The molecule has 40 heavy (non-hydrogen) atoms. The summed E-state index contributed by atoms with van der Waals surface area (Å²) < 4.78 is 40.2. The van der Waals surface area contributed by atoms with Gasteiger partial charge in [-0.25, -0.2) is 8.42 Å². The summed E-state index contributed by atoms with van der Waals surface area (Å²) in [5.74, 6) is 0.522. The molecule has 0 fully saturated rings. The molecule has 0 saturated heterocycles. The van der Waals surface area contributed by atoms with Gasteiger partial charge in [-0.05, 0) is 74.1 Å². The number of carbonyl (C=O) groups is 1. The zero-order valence-corrected chi connectivity index (χ0v) is 24.0. The third kappa shape index (κ3) is 6.90. The van der Waals surface area contributed by atoms with Gasteiger partial charge in [0.15, 0.2) is 0 Å². The molecule has 1 aliphatic rings. The summed E-state index contributed by atoms with van der Waals surface area (Å²) in [6, 6.07) is 14.2. The maximum Gasteiger partial charge on any atom is 0.261 e. The first kappa shape index (κ1) is 29.3. The van der Waals surface area contributed by atoms with Gasteiger partial charge >= 0.3 is 0 Å². The van der Waals surface area contributed by atoms with Gasteiger partial charge in [0.25, 0.3) is 15.9 Å². The van der Waals surface area contributed by atoms with Crippen molar-refractivity contribution < 1.29 is 27.8 Å². The number of sulfonamides is 1. The van der Waals surface area contributed by atoms with E-state index in [9.17, 15) is 18.3 Å². The number of methoxy groups -OCH3 is 1. The molecule has 214 valence electrons. The van der Waals surface area contributed by atoms with Crippen LogP contribution in [0.2, 0.25) is 0 Å². The number of aromatic nitrogens is 1. The molecule has 3 atom stereocenters. The van der Waals surface area contributed by atoms with Gasteiger partial charge < -0.3 is 19.5 Å². The molecule has 2 heterocycles. The molecule has 0 radical (unpaired) electrons. The molecule has 2 N–H and O–H groups in total. The zero-order chi connectivity index (χ0) is 28.9. The van der Waals surface area contributed by atoms with E-state index in [4.69, 9.17) is 9.47 Å². The monoisotopic (exact) mass is 568 g/mol. The fourth-order valence-electron chi connectivity index (χ4n) is 4.64. The van der Waals surface area contributed by atoms with Gasteiger partial charge in [-0.3, -0.25) is 19.4 Å². The van der Waals surface area contributed by atoms with E-state index in [2.05, 4.69) is 14.6 Å². The summed E-state index contributed by atoms with van der Waals surface area (Å²) in [5.41, 5.74) is 1.57. The number of aliphatic hydroxyl groups is 1. The smallest absolute Gasteiger partial charge is 0.261 e. The van der Waals surface area contributed by atoms with Crippen LogP contribution in [0.5, 0.6) is 11.5 Å². The fourth-order valence-corrected chi connectivity index (χ4v) is 5.69. The molecule has 1 amide bonds. The maximum absolute atomic E-state index is 13.7. The number of likely N-dealkylation sites (N-methyl/N-ethyl adjacent to an activating group) is 1. The number of anilines is 1. The van der Waals surface area contributed by atoms with Crippen molar-refractivity contribution in [1.82, 2.24) is 14.8 Å². The Morgan fingerprint density at radius 2 is 1.88 bits per heavy atom. The van der Waals surface area contributed by atoms with Gasteiger partial charge in [-0.2, -0.15) is 0 Å². The van der Waals surface area contributed by atoms with Gasteiger partial charge in [0, 0.05) is 43.6 Å². The highest BCUT2D eigenvalue weighted by Crippen LogP contribution is 2.31. The Labute approximate surface area is 235 Å². The Bertz CT molecular complexity index is 1400. The molecule has 1 aliphatic heterocycles. The molecule has 2 aromatic carbocycles. The van der Waals surface area contributed by atoms with Crippen molar-refractivity contribution in [3.63, 3.8) is 0 Å². The molecule has 0 spiro atoms. The SMILES string of the molecule is COc1ccc(S(=O)(=O)Nc2ccc3c(c2)C(=O)N([C@H](C)CO)C[C@H](C)[C@H](CN(C)Cc2ccncc2)O3)cc1. The Morgan fingerprint density at radius 3 is 2.52 bits per heavy atom. The minimum absolute atomic E-state index is 0.0424. The number of fused-ring (bicyclic) bond motifs is 1. The van der Waals surface area contributed by atoms with E-state index >= 15 is 0 Å². The first-order valence-corrected chi connectivity index (χ1v) is 14.6. The van der Waals surface area contributed by atoms with Crippen LogP contribution in [0.15, 0.2) is 71.9 Å². The summed E-state index contributed by atoms with van der Waals surface area (Å²) in [6.07, 6.45) is 3.25. The molecular formula is C29H36N4O6S. The second-order valence-corrected chi connectivity index (χ2v) is 11.8. The average Bonchev–Trinajstić information content (AvgIpc) is 2.95. The van der Waals surface area contributed by atoms with Crippen LogP contribution in [-0.2, 0) is 16.6 Å². The lowest BCUT2D eigenvalue weighted by Gasteiger charge is -2.38. The molecule has 0 saturated carbocycles. The Kier molecular flexibility index (Phi) is 9.28. The quantitative estimate of drug-likeness (QED) is 0.382. The van der Waals surface area contributed by atoms with Crippen molar-refractivity contribution in [2.75, 3.05) is 38.6 Å². The number of hydrogen-bond donors (Lipinski definition) is 2. The van der Waals surface area contributed by atoms with Crippen LogP contribution in [0.3, 0.4) is 0 Å². The number of rotatable bonds is 10. The van der Waals surface area contributed by atoms with Gasteiger partial charge in [0.1, 0.15) is 17.6 Å². The van der Waals surface area contributed by atoms with Crippen LogP contribution >= 0.6 is 0 Å². The van der Waals surface area contributed by atoms with Crippen LogP contribution in [-0.4, -0.2) is 80.2 Å². The number of hydrogen-bond acceptors (Lipinski definition) is 8. The number of amides is 1. The lowest BCUT2D eigenvalue weighted by molar-refractivity contribution is 0.0341. The predicted octanol–water partition coefficient (Wildman–Crippen LogP) is 3.24. The Morgan fingerprint density at radius 1 is 1.18 bits per heavy atom. The molecule has 11 heteroatoms. The number of benzene rings is 2. The Hall–Kier alpha value is -3.67. The van der Waals surface area contributed by atoms with Gasteiger partial charge in [-0.15, -0.1) is 0 Å². The van der Waals surface area contributed by atoms with E-state index in [1.54, 1.807) is 48.5 Å². The lowest BCUT2D eigenvalue weighted by atomic mass is 9.99. The molecule has 0 unspecified atom stereocenters. The molecule has 0 bridgehead atoms. The van der Waals surface area contributed by atoms with E-state index in [1.807, 2.05) is 26.1 Å². The van der Waals surface area contributed by atoms with Gasteiger partial charge in [0.05, 0.1) is 30.2 Å². The highest BCUT2D eigenvalue weighted by atomic mass is 32.2. The molecule has 0 aliphatic carbocycles. The van der Waals surface area contributed by atoms with E-state index < -0.39 is 16.1 Å². The normalized spacial score (nSPS) is 18.4. The van der Waals surface area contributed by atoms with Crippen molar-refractivity contribution in [2.45, 2.75) is 37.4 Å². The second kappa shape index (κ2) is 12.7. The summed E-state index contributed by atoms with van der Waals surface area (Å²) in [5, 5.41) is 9.91. The summed E-state index contributed by atoms with van der Waals surface area (Å²) in [7, 11) is -0.410. The van der Waals surface area contributed by atoms with Crippen molar-refractivity contribution in [3.8, 4) is 11.5 Å². The van der Waals surface area contributed by atoms with Crippen LogP contribution in [0.4, 0.5) is 5.69 Å². The van der Waals surface area contributed by atoms with E-state index in [0.717, 1.165) is 5.56 Å². The lowest BCUT2D eigenvalue weighted by Crippen LogP contribution is -2.49. The van der Waals surface area contributed by atoms with Crippen molar-refractivity contribution in [3.05, 3.63) is 78.1 Å². The molecule has 3 aromatic rings. The van der Waals surface area contributed by atoms with E-state index in [1.165, 1.54) is 25.3 Å². The molecule has 10 nitrogen and oxygen atoms in total. The number of nitrogens with zero attached hydrogens (tertiary/aromatic N) is 3. The van der Waals surface area contributed by atoms with E-state index in [-0.39, 0.29) is 40.7 Å². The highest BCUT2D eigenvalue weighted by Gasteiger charge is 2.33. The number of aliphatic hydroxyl groups excluding tert-OH is 1. The summed E-state index contributed by atoms with van der Waals surface area (Å²) in [4.78, 5) is 21.6. The number of nitrogens with one attached hydrogen (secondary N) is 1. The number of carbonyl (C=O) groups excluding carboxylic acids is 1. The number of pyridine rings is 1.